The molecule has 1 saturated carbocycles. The van der Waals surface area contributed by atoms with Gasteiger partial charge in [-0.1, -0.05) is 26.2 Å². The van der Waals surface area contributed by atoms with E-state index >= 15 is 0 Å². The first-order valence-corrected chi connectivity index (χ1v) is 7.89. The van der Waals surface area contributed by atoms with Crippen molar-refractivity contribution in [3.05, 3.63) is 29.1 Å². The predicted molar refractivity (Wildman–Crippen MR) is 81.3 cm³/mol. The van der Waals surface area contributed by atoms with Gasteiger partial charge < -0.3 is 5.32 Å². The molecular weight excluding hydrogens is 232 g/mol. The molecule has 106 valence electrons. The van der Waals surface area contributed by atoms with E-state index in [-0.39, 0.29) is 0 Å². The van der Waals surface area contributed by atoms with E-state index < -0.39 is 0 Å². The Bertz CT molecular complexity index is 374. The zero-order valence-electron chi connectivity index (χ0n) is 12.7. The first kappa shape index (κ1) is 14.5. The molecule has 0 bridgehead atoms. The van der Waals surface area contributed by atoms with Gasteiger partial charge in [0.05, 0.1) is 0 Å². The summed E-state index contributed by atoms with van der Waals surface area (Å²) in [4.78, 5) is 4.51. The van der Waals surface area contributed by atoms with Crippen LogP contribution in [0.25, 0.3) is 0 Å². The Morgan fingerprint density at radius 2 is 1.79 bits per heavy atom. The van der Waals surface area contributed by atoms with E-state index in [0.29, 0.717) is 6.04 Å². The van der Waals surface area contributed by atoms with Gasteiger partial charge in [0.25, 0.3) is 0 Å². The molecular formula is C17H28N2. The normalized spacial score (nSPS) is 18.5. The summed E-state index contributed by atoms with van der Waals surface area (Å²) in [6.07, 6.45) is 8.18. The first-order chi connectivity index (χ1) is 9.20. The average Bonchev–Trinajstić information content (AvgIpc) is 2.39. The molecule has 2 heteroatoms. The summed E-state index contributed by atoms with van der Waals surface area (Å²) in [5.74, 6) is 0.807. The lowest BCUT2D eigenvalue weighted by atomic mass is 9.81. The second kappa shape index (κ2) is 7.04. The van der Waals surface area contributed by atoms with Crippen molar-refractivity contribution in [1.29, 1.82) is 0 Å². The number of hydrogen-bond donors (Lipinski definition) is 1. The number of rotatable bonds is 5. The van der Waals surface area contributed by atoms with Crippen LogP contribution in [0.2, 0.25) is 0 Å². The molecule has 2 nitrogen and oxygen atoms in total. The van der Waals surface area contributed by atoms with Crippen molar-refractivity contribution in [3.8, 4) is 0 Å². The molecule has 1 atom stereocenters. The monoisotopic (exact) mass is 260 g/mol. The van der Waals surface area contributed by atoms with Crippen molar-refractivity contribution >= 4 is 0 Å². The molecule has 1 heterocycles. The molecule has 1 fully saturated rings. The number of aryl methyl sites for hydroxylation is 2. The van der Waals surface area contributed by atoms with Crippen molar-refractivity contribution < 1.29 is 0 Å². The molecule has 1 N–H and O–H groups in total. The molecule has 0 saturated heterocycles. The highest BCUT2D eigenvalue weighted by atomic mass is 14.9. The minimum Gasteiger partial charge on any atom is -0.310 e. The lowest BCUT2D eigenvalue weighted by molar-refractivity contribution is 0.271. The van der Waals surface area contributed by atoms with E-state index in [0.717, 1.165) is 23.9 Å². The maximum absolute atomic E-state index is 4.51. The van der Waals surface area contributed by atoms with E-state index in [1.807, 2.05) is 0 Å². The van der Waals surface area contributed by atoms with Crippen molar-refractivity contribution in [2.45, 2.75) is 65.3 Å². The van der Waals surface area contributed by atoms with Gasteiger partial charge in [-0.2, -0.15) is 0 Å². The highest BCUT2D eigenvalue weighted by Gasteiger charge is 2.24. The van der Waals surface area contributed by atoms with Crippen LogP contribution in [-0.2, 0) is 0 Å². The molecule has 2 rings (SSSR count). The third-order valence-corrected chi connectivity index (χ3v) is 4.20. The lowest BCUT2D eigenvalue weighted by Gasteiger charge is -2.31. The SMILES string of the molecule is CCCNC(c1cc(C)nc(C)c1)C1CCCCC1. The standard InChI is InChI=1S/C17H28N2/c1-4-10-18-17(15-8-6-5-7-9-15)16-11-13(2)19-14(3)12-16/h11-12,15,17-18H,4-10H2,1-3H3. The highest BCUT2D eigenvalue weighted by Crippen LogP contribution is 2.34. The van der Waals surface area contributed by atoms with Crippen molar-refractivity contribution in [2.24, 2.45) is 5.92 Å². The Morgan fingerprint density at radius 3 is 2.37 bits per heavy atom. The zero-order chi connectivity index (χ0) is 13.7. The van der Waals surface area contributed by atoms with Crippen LogP contribution in [0.3, 0.4) is 0 Å². The van der Waals surface area contributed by atoms with Crippen LogP contribution in [0.15, 0.2) is 12.1 Å². The first-order valence-electron chi connectivity index (χ1n) is 7.89. The predicted octanol–water partition coefficient (Wildman–Crippen LogP) is 4.32. The molecule has 0 aliphatic heterocycles. The molecule has 1 aromatic heterocycles. The molecule has 1 aliphatic rings. The smallest absolute Gasteiger partial charge is 0.0379 e. The summed E-state index contributed by atoms with van der Waals surface area (Å²) < 4.78 is 0. The van der Waals surface area contributed by atoms with Crippen LogP contribution in [-0.4, -0.2) is 11.5 Å². The van der Waals surface area contributed by atoms with E-state index in [1.165, 1.54) is 44.1 Å². The van der Waals surface area contributed by atoms with E-state index in [4.69, 9.17) is 0 Å². The summed E-state index contributed by atoms with van der Waals surface area (Å²) in [7, 11) is 0. The number of nitrogens with one attached hydrogen (secondary N) is 1. The number of aromatic nitrogens is 1. The molecule has 0 radical (unpaired) electrons. The lowest BCUT2D eigenvalue weighted by Crippen LogP contribution is -2.30. The maximum Gasteiger partial charge on any atom is 0.0379 e. The molecule has 1 aliphatic carbocycles. The molecule has 1 unspecified atom stereocenters. The molecule has 1 aromatic rings. The number of nitrogens with zero attached hydrogens (tertiary/aromatic N) is 1. The highest BCUT2D eigenvalue weighted by molar-refractivity contribution is 5.24. The Labute approximate surface area is 118 Å². The van der Waals surface area contributed by atoms with Gasteiger partial charge in [0.2, 0.25) is 0 Å². The van der Waals surface area contributed by atoms with Crippen molar-refractivity contribution in [3.63, 3.8) is 0 Å². The largest absolute Gasteiger partial charge is 0.310 e. The van der Waals surface area contributed by atoms with Crippen LogP contribution < -0.4 is 5.32 Å². The van der Waals surface area contributed by atoms with E-state index in [1.54, 1.807) is 0 Å². The summed E-state index contributed by atoms with van der Waals surface area (Å²) >= 11 is 0. The van der Waals surface area contributed by atoms with Gasteiger partial charge in [0, 0.05) is 17.4 Å². The maximum atomic E-state index is 4.51. The fraction of sp³-hybridized carbons (Fsp3) is 0.706. The topological polar surface area (TPSA) is 24.9 Å². The Morgan fingerprint density at radius 1 is 1.16 bits per heavy atom. The summed E-state index contributed by atoms with van der Waals surface area (Å²) in [5.41, 5.74) is 3.74. The van der Waals surface area contributed by atoms with E-state index in [2.05, 4.69) is 43.2 Å². The zero-order valence-corrected chi connectivity index (χ0v) is 12.7. The summed E-state index contributed by atoms with van der Waals surface area (Å²) in [6, 6.07) is 5.07. The van der Waals surface area contributed by atoms with Crippen LogP contribution in [0.4, 0.5) is 0 Å². The molecule has 19 heavy (non-hydrogen) atoms. The third kappa shape index (κ3) is 4.04. The van der Waals surface area contributed by atoms with Crippen molar-refractivity contribution in [1.82, 2.24) is 10.3 Å². The van der Waals surface area contributed by atoms with Crippen LogP contribution in [0.5, 0.6) is 0 Å². The molecule has 0 aromatic carbocycles. The van der Waals surface area contributed by atoms with Crippen LogP contribution in [0, 0.1) is 19.8 Å². The van der Waals surface area contributed by atoms with Gasteiger partial charge in [-0.15, -0.1) is 0 Å². The number of pyridine rings is 1. The Hall–Kier alpha value is -0.890. The van der Waals surface area contributed by atoms with Gasteiger partial charge in [-0.05, 0) is 63.3 Å². The van der Waals surface area contributed by atoms with Crippen molar-refractivity contribution in [2.75, 3.05) is 6.54 Å². The second-order valence-corrected chi connectivity index (χ2v) is 6.01. The van der Waals surface area contributed by atoms with Gasteiger partial charge in [0.1, 0.15) is 0 Å². The van der Waals surface area contributed by atoms with Gasteiger partial charge >= 0.3 is 0 Å². The Kier molecular flexibility index (Phi) is 5.38. The van der Waals surface area contributed by atoms with E-state index in [9.17, 15) is 0 Å². The molecule has 0 spiro atoms. The van der Waals surface area contributed by atoms with Crippen LogP contribution >= 0.6 is 0 Å². The fourth-order valence-electron chi connectivity index (χ4n) is 3.37. The summed E-state index contributed by atoms with van der Waals surface area (Å²) in [6.45, 7) is 7.57. The fourth-order valence-corrected chi connectivity index (χ4v) is 3.37. The van der Waals surface area contributed by atoms with Gasteiger partial charge in [0.15, 0.2) is 0 Å². The van der Waals surface area contributed by atoms with Gasteiger partial charge in [-0.3, -0.25) is 4.98 Å². The molecule has 0 amide bonds. The Balaban J connectivity index is 2.19. The second-order valence-electron chi connectivity index (χ2n) is 6.01. The number of hydrogen-bond acceptors (Lipinski definition) is 2. The quantitative estimate of drug-likeness (QED) is 0.853. The van der Waals surface area contributed by atoms with Gasteiger partial charge in [-0.25, -0.2) is 0 Å². The minimum absolute atomic E-state index is 0.528. The third-order valence-electron chi connectivity index (χ3n) is 4.20. The minimum atomic E-state index is 0.528. The van der Waals surface area contributed by atoms with Crippen LogP contribution in [0.1, 0.15) is 68.4 Å². The average molecular weight is 260 g/mol. The summed E-state index contributed by atoms with van der Waals surface area (Å²) in [5, 5.41) is 3.78.